The first kappa shape index (κ1) is 18.0. The van der Waals surface area contributed by atoms with Crippen molar-refractivity contribution in [1.82, 2.24) is 9.62 Å². The lowest BCUT2D eigenvalue weighted by atomic mass is 10.2. The van der Waals surface area contributed by atoms with Crippen LogP contribution in [0.25, 0.3) is 0 Å². The van der Waals surface area contributed by atoms with E-state index in [0.29, 0.717) is 12.1 Å². The Morgan fingerprint density at radius 2 is 2.00 bits per heavy atom. The molecule has 0 saturated heterocycles. The second-order valence-electron chi connectivity index (χ2n) is 4.75. The number of benzene rings is 1. The van der Waals surface area contributed by atoms with Crippen LogP contribution < -0.4 is 4.72 Å². The van der Waals surface area contributed by atoms with E-state index in [2.05, 4.69) is 16.5 Å². The molecule has 0 amide bonds. The van der Waals surface area contributed by atoms with Crippen molar-refractivity contribution in [2.24, 2.45) is 0 Å². The summed E-state index contributed by atoms with van der Waals surface area (Å²) in [7, 11) is -3.87. The van der Waals surface area contributed by atoms with Crippen LogP contribution in [0.2, 0.25) is 0 Å². The van der Waals surface area contributed by atoms with Crippen LogP contribution in [-0.2, 0) is 16.6 Å². The molecule has 1 aromatic carbocycles. The van der Waals surface area contributed by atoms with Crippen LogP contribution in [0.1, 0.15) is 25.8 Å². The maximum atomic E-state index is 13.8. The SMILES string of the molecule is CCCN(CC)CCNS(=O)(=O)c1ccc(CO)cc1F. The molecule has 0 fully saturated rings. The smallest absolute Gasteiger partial charge is 0.243 e. The Morgan fingerprint density at radius 3 is 2.52 bits per heavy atom. The number of sulfonamides is 1. The van der Waals surface area contributed by atoms with Crippen LogP contribution >= 0.6 is 0 Å². The fourth-order valence-electron chi connectivity index (χ4n) is 2.02. The van der Waals surface area contributed by atoms with Crippen LogP contribution in [0.4, 0.5) is 4.39 Å². The first-order valence-corrected chi connectivity index (χ1v) is 8.54. The molecular weight excluding hydrogens is 295 g/mol. The summed E-state index contributed by atoms with van der Waals surface area (Å²) in [5, 5.41) is 8.90. The largest absolute Gasteiger partial charge is 0.392 e. The number of rotatable bonds is 9. The van der Waals surface area contributed by atoms with Crippen LogP contribution in [0.5, 0.6) is 0 Å². The van der Waals surface area contributed by atoms with Gasteiger partial charge in [-0.05, 0) is 37.2 Å². The number of hydrogen-bond acceptors (Lipinski definition) is 4. The zero-order valence-corrected chi connectivity index (χ0v) is 13.3. The van der Waals surface area contributed by atoms with Gasteiger partial charge in [0, 0.05) is 13.1 Å². The quantitative estimate of drug-likeness (QED) is 0.721. The van der Waals surface area contributed by atoms with E-state index in [1.165, 1.54) is 12.1 Å². The van der Waals surface area contributed by atoms with Gasteiger partial charge in [0.15, 0.2) is 0 Å². The Bertz CT molecular complexity index is 549. The molecule has 0 radical (unpaired) electrons. The predicted octanol–water partition coefficient (Wildman–Crippen LogP) is 1.33. The van der Waals surface area contributed by atoms with Crippen molar-refractivity contribution in [2.45, 2.75) is 31.8 Å². The Labute approximate surface area is 125 Å². The number of halogens is 1. The Morgan fingerprint density at radius 1 is 1.29 bits per heavy atom. The van der Waals surface area contributed by atoms with Gasteiger partial charge in [0.05, 0.1) is 6.61 Å². The summed E-state index contributed by atoms with van der Waals surface area (Å²) in [5.74, 6) is -0.852. The molecule has 0 atom stereocenters. The van der Waals surface area contributed by atoms with Gasteiger partial charge in [-0.1, -0.05) is 19.9 Å². The van der Waals surface area contributed by atoms with E-state index in [9.17, 15) is 12.8 Å². The minimum absolute atomic E-state index is 0.233. The average Bonchev–Trinajstić information content (AvgIpc) is 2.45. The van der Waals surface area contributed by atoms with Gasteiger partial charge in [-0.2, -0.15) is 0 Å². The Balaban J connectivity index is 2.69. The summed E-state index contributed by atoms with van der Waals surface area (Å²) < 4.78 is 40.3. The highest BCUT2D eigenvalue weighted by Crippen LogP contribution is 2.15. The molecule has 21 heavy (non-hydrogen) atoms. The number of aliphatic hydroxyl groups excluding tert-OH is 1. The van der Waals surface area contributed by atoms with Crippen LogP contribution in [0, 0.1) is 5.82 Å². The molecule has 0 saturated carbocycles. The maximum absolute atomic E-state index is 13.8. The first-order valence-electron chi connectivity index (χ1n) is 7.05. The van der Waals surface area contributed by atoms with E-state index in [-0.39, 0.29) is 13.2 Å². The summed E-state index contributed by atoms with van der Waals surface area (Å²) in [6.07, 6.45) is 0.998. The fourth-order valence-corrected chi connectivity index (χ4v) is 3.10. The highest BCUT2D eigenvalue weighted by Gasteiger charge is 2.19. The number of hydrogen-bond donors (Lipinski definition) is 2. The lowest BCUT2D eigenvalue weighted by Crippen LogP contribution is -2.35. The molecule has 1 aromatic rings. The van der Waals surface area contributed by atoms with Gasteiger partial charge in [-0.3, -0.25) is 0 Å². The molecule has 0 aliphatic rings. The molecule has 0 aliphatic heterocycles. The summed E-state index contributed by atoms with van der Waals surface area (Å²) in [6.45, 7) is 6.31. The average molecular weight is 318 g/mol. The van der Waals surface area contributed by atoms with Crippen molar-refractivity contribution in [2.75, 3.05) is 26.2 Å². The fraction of sp³-hybridized carbons (Fsp3) is 0.571. The number of aliphatic hydroxyl groups is 1. The van der Waals surface area contributed by atoms with Crippen molar-refractivity contribution >= 4 is 10.0 Å². The van der Waals surface area contributed by atoms with Gasteiger partial charge in [0.25, 0.3) is 0 Å². The van der Waals surface area contributed by atoms with Crippen molar-refractivity contribution in [3.05, 3.63) is 29.6 Å². The highest BCUT2D eigenvalue weighted by atomic mass is 32.2. The molecule has 0 bridgehead atoms. The van der Waals surface area contributed by atoms with Crippen molar-refractivity contribution in [1.29, 1.82) is 0 Å². The summed E-state index contributed by atoms with van der Waals surface area (Å²) in [6, 6.07) is 3.60. The molecular formula is C14H23FN2O3S. The lowest BCUT2D eigenvalue weighted by molar-refractivity contribution is 0.281. The molecule has 5 nitrogen and oxygen atoms in total. The molecule has 0 unspecified atom stereocenters. The maximum Gasteiger partial charge on any atom is 0.243 e. The monoisotopic (exact) mass is 318 g/mol. The minimum atomic E-state index is -3.87. The third-order valence-corrected chi connectivity index (χ3v) is 4.67. The molecule has 2 N–H and O–H groups in total. The van der Waals surface area contributed by atoms with Crippen LogP contribution in [0.15, 0.2) is 23.1 Å². The van der Waals surface area contributed by atoms with E-state index in [1.807, 2.05) is 6.92 Å². The predicted molar refractivity (Wildman–Crippen MR) is 79.9 cm³/mol. The third-order valence-electron chi connectivity index (χ3n) is 3.18. The molecule has 120 valence electrons. The number of likely N-dealkylation sites (N-methyl/N-ethyl adjacent to an activating group) is 1. The summed E-state index contributed by atoms with van der Waals surface area (Å²) >= 11 is 0. The second-order valence-corrected chi connectivity index (χ2v) is 6.49. The topological polar surface area (TPSA) is 69.6 Å². The number of nitrogens with one attached hydrogen (secondary N) is 1. The van der Waals surface area contributed by atoms with Crippen LogP contribution in [0.3, 0.4) is 0 Å². The summed E-state index contributed by atoms with van der Waals surface area (Å²) in [5.41, 5.74) is 0.339. The number of nitrogens with zero attached hydrogens (tertiary/aromatic N) is 1. The van der Waals surface area contributed by atoms with E-state index in [4.69, 9.17) is 5.11 Å². The zero-order valence-electron chi connectivity index (χ0n) is 12.5. The normalized spacial score (nSPS) is 12.0. The molecule has 0 heterocycles. The van der Waals surface area contributed by atoms with Gasteiger partial charge < -0.3 is 10.0 Å². The molecule has 0 aromatic heterocycles. The van der Waals surface area contributed by atoms with Crippen molar-refractivity contribution in [3.8, 4) is 0 Å². The van der Waals surface area contributed by atoms with E-state index in [1.54, 1.807) is 0 Å². The molecule has 0 aliphatic carbocycles. The van der Waals surface area contributed by atoms with Gasteiger partial charge in [-0.25, -0.2) is 17.5 Å². The zero-order chi connectivity index (χ0) is 15.9. The van der Waals surface area contributed by atoms with Gasteiger partial charge >= 0.3 is 0 Å². The first-order chi connectivity index (χ1) is 9.94. The van der Waals surface area contributed by atoms with E-state index < -0.39 is 20.7 Å². The van der Waals surface area contributed by atoms with Crippen LogP contribution in [-0.4, -0.2) is 44.6 Å². The summed E-state index contributed by atoms with van der Waals surface area (Å²) in [4.78, 5) is 1.73. The Hall–Kier alpha value is -1.02. The minimum Gasteiger partial charge on any atom is -0.392 e. The van der Waals surface area contributed by atoms with Gasteiger partial charge in [0.1, 0.15) is 10.7 Å². The van der Waals surface area contributed by atoms with E-state index >= 15 is 0 Å². The van der Waals surface area contributed by atoms with Crippen molar-refractivity contribution < 1.29 is 17.9 Å². The second kappa shape index (κ2) is 8.43. The lowest BCUT2D eigenvalue weighted by Gasteiger charge is -2.19. The molecule has 7 heteroatoms. The standard InChI is InChI=1S/C14H23FN2O3S/c1-3-8-17(4-2)9-7-16-21(19,20)14-6-5-12(11-18)10-13(14)15/h5-6,10,16,18H,3-4,7-9,11H2,1-2H3. The molecule has 0 spiro atoms. The Kier molecular flexibility index (Phi) is 7.24. The van der Waals surface area contributed by atoms with Crippen molar-refractivity contribution in [3.63, 3.8) is 0 Å². The van der Waals surface area contributed by atoms with Gasteiger partial charge in [-0.15, -0.1) is 0 Å². The third kappa shape index (κ3) is 5.35. The molecule has 1 rings (SSSR count). The van der Waals surface area contributed by atoms with E-state index in [0.717, 1.165) is 25.6 Å². The van der Waals surface area contributed by atoms with Gasteiger partial charge in [0.2, 0.25) is 10.0 Å². The highest BCUT2D eigenvalue weighted by molar-refractivity contribution is 7.89.